The fourth-order valence-electron chi connectivity index (χ4n) is 2.68. The highest BCUT2D eigenvalue weighted by Gasteiger charge is 2.24. The van der Waals surface area contributed by atoms with Crippen molar-refractivity contribution in [1.29, 1.82) is 0 Å². The van der Waals surface area contributed by atoms with Crippen LogP contribution in [0.5, 0.6) is 0 Å². The molecule has 0 radical (unpaired) electrons. The van der Waals surface area contributed by atoms with Crippen LogP contribution in [0.25, 0.3) is 0 Å². The Kier molecular flexibility index (Phi) is 7.11. The van der Waals surface area contributed by atoms with E-state index >= 15 is 0 Å². The van der Waals surface area contributed by atoms with Gasteiger partial charge in [-0.3, -0.25) is 14.1 Å². The smallest absolute Gasteiger partial charge is 0.378 e. The summed E-state index contributed by atoms with van der Waals surface area (Å²) in [4.78, 5) is 2.23. The number of morpholine rings is 1. The summed E-state index contributed by atoms with van der Waals surface area (Å²) in [5, 5.41) is 2.98. The van der Waals surface area contributed by atoms with E-state index < -0.39 is 7.75 Å². The number of anilines is 2. The van der Waals surface area contributed by atoms with Crippen molar-refractivity contribution in [1.82, 2.24) is 0 Å². The Morgan fingerprint density at radius 2 is 1.92 bits per heavy atom. The van der Waals surface area contributed by atoms with Gasteiger partial charge in [0, 0.05) is 27.3 Å². The van der Waals surface area contributed by atoms with Crippen LogP contribution in [0.3, 0.4) is 0 Å². The Hall–Kier alpha value is -1.07. The molecule has 0 bridgehead atoms. The van der Waals surface area contributed by atoms with Gasteiger partial charge in [-0.1, -0.05) is 19.9 Å². The van der Waals surface area contributed by atoms with Crippen molar-refractivity contribution in [3.63, 3.8) is 0 Å². The SMILES string of the molecule is COP(=O)(Nc1cc(CCC(C)C)ccc1N1CCOCC1)OC. The minimum Gasteiger partial charge on any atom is -0.378 e. The van der Waals surface area contributed by atoms with Crippen molar-refractivity contribution >= 4 is 19.1 Å². The molecular formula is C17H29N2O4P. The van der Waals surface area contributed by atoms with E-state index in [2.05, 4.69) is 42.0 Å². The van der Waals surface area contributed by atoms with E-state index in [-0.39, 0.29) is 0 Å². The van der Waals surface area contributed by atoms with Crippen molar-refractivity contribution in [2.75, 3.05) is 50.5 Å². The third-order valence-electron chi connectivity index (χ3n) is 4.16. The molecule has 0 amide bonds. The molecule has 0 atom stereocenters. The lowest BCUT2D eigenvalue weighted by molar-refractivity contribution is 0.123. The van der Waals surface area contributed by atoms with Gasteiger partial charge >= 0.3 is 7.75 Å². The Labute approximate surface area is 145 Å². The molecule has 1 aliphatic rings. The highest BCUT2D eigenvalue weighted by molar-refractivity contribution is 7.55. The predicted octanol–water partition coefficient (Wildman–Crippen LogP) is 3.92. The zero-order valence-corrected chi connectivity index (χ0v) is 16.0. The molecule has 0 aliphatic carbocycles. The van der Waals surface area contributed by atoms with Crippen molar-refractivity contribution in [2.45, 2.75) is 26.7 Å². The number of nitrogens with one attached hydrogen (secondary N) is 1. The summed E-state index contributed by atoms with van der Waals surface area (Å²) in [7, 11) is -0.580. The number of aryl methyl sites for hydroxylation is 1. The van der Waals surface area contributed by atoms with E-state index in [4.69, 9.17) is 13.8 Å². The lowest BCUT2D eigenvalue weighted by Gasteiger charge is -2.31. The maximum Gasteiger partial charge on any atom is 0.432 e. The molecule has 0 aromatic heterocycles. The fraction of sp³-hybridized carbons (Fsp3) is 0.647. The topological polar surface area (TPSA) is 60.0 Å². The summed E-state index contributed by atoms with van der Waals surface area (Å²) in [6.07, 6.45) is 2.10. The molecule has 0 saturated carbocycles. The number of benzene rings is 1. The second-order valence-corrected chi connectivity index (χ2v) is 8.31. The van der Waals surface area contributed by atoms with Crippen LogP contribution in [0.1, 0.15) is 25.8 Å². The Bertz CT molecular complexity index is 566. The molecule has 136 valence electrons. The van der Waals surface area contributed by atoms with Gasteiger partial charge in [0.1, 0.15) is 0 Å². The van der Waals surface area contributed by atoms with Crippen LogP contribution < -0.4 is 9.99 Å². The third kappa shape index (κ3) is 5.21. The highest BCUT2D eigenvalue weighted by atomic mass is 31.2. The van der Waals surface area contributed by atoms with Crippen molar-refractivity contribution in [3.05, 3.63) is 23.8 Å². The normalized spacial score (nSPS) is 15.8. The number of nitrogens with zero attached hydrogens (tertiary/aromatic N) is 1. The van der Waals surface area contributed by atoms with E-state index in [0.29, 0.717) is 19.1 Å². The zero-order chi connectivity index (χ0) is 17.6. The Balaban J connectivity index is 2.29. The molecule has 1 fully saturated rings. The van der Waals surface area contributed by atoms with Crippen LogP contribution >= 0.6 is 7.75 Å². The molecule has 1 aromatic rings. The summed E-state index contributed by atoms with van der Waals surface area (Å²) in [6, 6.07) is 6.28. The summed E-state index contributed by atoms with van der Waals surface area (Å²) in [5.74, 6) is 0.643. The Morgan fingerprint density at radius 1 is 1.25 bits per heavy atom. The average Bonchev–Trinajstić information content (AvgIpc) is 2.60. The molecule has 0 spiro atoms. The number of ether oxygens (including phenoxy) is 1. The van der Waals surface area contributed by atoms with Gasteiger partial charge in [-0.25, -0.2) is 4.57 Å². The summed E-state index contributed by atoms with van der Waals surface area (Å²) in [5.41, 5.74) is 2.99. The van der Waals surface area contributed by atoms with Gasteiger partial charge in [0.2, 0.25) is 0 Å². The molecule has 1 heterocycles. The van der Waals surface area contributed by atoms with E-state index in [1.54, 1.807) is 0 Å². The number of hydrogen-bond donors (Lipinski definition) is 1. The molecule has 1 N–H and O–H groups in total. The van der Waals surface area contributed by atoms with Gasteiger partial charge in [0.05, 0.1) is 24.6 Å². The molecule has 0 unspecified atom stereocenters. The molecular weight excluding hydrogens is 327 g/mol. The molecule has 24 heavy (non-hydrogen) atoms. The van der Waals surface area contributed by atoms with Gasteiger partial charge in [0.15, 0.2) is 0 Å². The van der Waals surface area contributed by atoms with Crippen molar-refractivity contribution in [2.24, 2.45) is 5.92 Å². The van der Waals surface area contributed by atoms with Crippen LogP contribution in [0.15, 0.2) is 18.2 Å². The zero-order valence-electron chi connectivity index (χ0n) is 15.1. The second-order valence-electron chi connectivity index (χ2n) is 6.36. The standard InChI is InChI=1S/C17H29N2O4P/c1-14(2)5-6-15-7-8-17(19-9-11-23-12-10-19)16(13-15)18-24(20,21-3)22-4/h7-8,13-14H,5-6,9-12H2,1-4H3,(H,18,20). The maximum atomic E-state index is 12.5. The number of rotatable bonds is 8. The minimum absolute atomic E-state index is 0.643. The summed E-state index contributed by atoms with van der Waals surface area (Å²) in [6.45, 7) is 7.44. The van der Waals surface area contributed by atoms with E-state index in [1.807, 2.05) is 0 Å². The lowest BCUT2D eigenvalue weighted by Crippen LogP contribution is -2.36. The van der Waals surface area contributed by atoms with Crippen LogP contribution in [-0.2, 0) is 24.8 Å². The van der Waals surface area contributed by atoms with Gasteiger partial charge in [0.25, 0.3) is 0 Å². The molecule has 1 saturated heterocycles. The monoisotopic (exact) mass is 356 g/mol. The second kappa shape index (κ2) is 8.86. The predicted molar refractivity (Wildman–Crippen MR) is 97.9 cm³/mol. The number of hydrogen-bond acceptors (Lipinski definition) is 5. The molecule has 1 aromatic carbocycles. The highest BCUT2D eigenvalue weighted by Crippen LogP contribution is 2.48. The minimum atomic E-state index is -3.35. The third-order valence-corrected chi connectivity index (χ3v) is 5.64. The molecule has 6 nitrogen and oxygen atoms in total. The van der Waals surface area contributed by atoms with Gasteiger partial charge in [-0.15, -0.1) is 0 Å². The van der Waals surface area contributed by atoms with Gasteiger partial charge < -0.3 is 9.64 Å². The molecule has 2 rings (SSSR count). The van der Waals surface area contributed by atoms with Gasteiger partial charge in [-0.05, 0) is 36.5 Å². The maximum absolute atomic E-state index is 12.5. The van der Waals surface area contributed by atoms with E-state index in [0.717, 1.165) is 37.3 Å². The van der Waals surface area contributed by atoms with E-state index in [1.165, 1.54) is 19.8 Å². The average molecular weight is 356 g/mol. The van der Waals surface area contributed by atoms with Gasteiger partial charge in [-0.2, -0.15) is 0 Å². The summed E-state index contributed by atoms with van der Waals surface area (Å²) >= 11 is 0. The lowest BCUT2D eigenvalue weighted by atomic mass is 10.0. The van der Waals surface area contributed by atoms with E-state index in [9.17, 15) is 4.57 Å². The first-order chi connectivity index (χ1) is 11.5. The first kappa shape index (κ1) is 19.3. The van der Waals surface area contributed by atoms with Crippen molar-refractivity contribution < 1.29 is 18.3 Å². The molecule has 1 aliphatic heterocycles. The van der Waals surface area contributed by atoms with Crippen LogP contribution in [0, 0.1) is 5.92 Å². The fourth-order valence-corrected chi connectivity index (χ4v) is 3.48. The summed E-state index contributed by atoms with van der Waals surface area (Å²) < 4.78 is 28.1. The largest absolute Gasteiger partial charge is 0.432 e. The quantitative estimate of drug-likeness (QED) is 0.713. The Morgan fingerprint density at radius 3 is 2.50 bits per heavy atom. The first-order valence-corrected chi connectivity index (χ1v) is 9.97. The molecule has 7 heteroatoms. The van der Waals surface area contributed by atoms with Crippen LogP contribution in [0.4, 0.5) is 11.4 Å². The van der Waals surface area contributed by atoms with Crippen molar-refractivity contribution in [3.8, 4) is 0 Å². The van der Waals surface area contributed by atoms with Crippen LogP contribution in [0.2, 0.25) is 0 Å². The van der Waals surface area contributed by atoms with Crippen LogP contribution in [-0.4, -0.2) is 40.5 Å². The first-order valence-electron chi connectivity index (χ1n) is 8.43.